The molecule has 0 bridgehead atoms. The number of nitrogens with zero attached hydrogens (tertiary/aromatic N) is 5. The summed E-state index contributed by atoms with van der Waals surface area (Å²) >= 11 is 0. The highest BCUT2D eigenvalue weighted by molar-refractivity contribution is 6.03. The largest absolute Gasteiger partial charge is 0.353 e. The number of fused-ring (bicyclic) bond motifs is 2. The molecule has 0 unspecified atom stereocenters. The molecule has 0 spiro atoms. The molecule has 1 aliphatic carbocycles. The van der Waals surface area contributed by atoms with Crippen LogP contribution < -0.4 is 10.2 Å². The van der Waals surface area contributed by atoms with E-state index in [9.17, 15) is 0 Å². The Balaban J connectivity index is 1.60. The molecule has 2 aliphatic rings. The van der Waals surface area contributed by atoms with Gasteiger partial charge in [0.1, 0.15) is 11.5 Å². The first kappa shape index (κ1) is 20.1. The molecule has 7 nitrogen and oxygen atoms in total. The van der Waals surface area contributed by atoms with Gasteiger partial charge in [-0.2, -0.15) is 0 Å². The third-order valence-electron chi connectivity index (χ3n) is 6.45. The second kappa shape index (κ2) is 7.49. The maximum atomic E-state index is 5.18. The maximum Gasteiger partial charge on any atom is 0.163 e. The summed E-state index contributed by atoms with van der Waals surface area (Å²) in [6, 6.07) is 4.20. The van der Waals surface area contributed by atoms with Crippen molar-refractivity contribution >= 4 is 33.3 Å². The van der Waals surface area contributed by atoms with Crippen molar-refractivity contribution in [2.75, 3.05) is 31.1 Å². The summed E-state index contributed by atoms with van der Waals surface area (Å²) < 4.78 is 0. The fraction of sp³-hybridized carbons (Fsp3) is 0.308. The number of hydrogen-bond acceptors (Lipinski definition) is 6. The summed E-state index contributed by atoms with van der Waals surface area (Å²) in [7, 11) is 0. The Morgan fingerprint density at radius 2 is 1.85 bits per heavy atom. The number of nitrogens with one attached hydrogen (secondary N) is 2. The summed E-state index contributed by atoms with van der Waals surface area (Å²) in [6.07, 6.45) is 11.9. The number of pyridine rings is 2. The van der Waals surface area contributed by atoms with Gasteiger partial charge in [0.25, 0.3) is 0 Å². The fourth-order valence-electron chi connectivity index (χ4n) is 4.51. The molecule has 0 saturated carbocycles. The highest BCUT2D eigenvalue weighted by Crippen LogP contribution is 2.37. The monoisotopic (exact) mass is 437 g/mol. The molecule has 0 atom stereocenters. The molecule has 166 valence electrons. The van der Waals surface area contributed by atoms with Crippen molar-refractivity contribution < 1.29 is 0 Å². The number of aromatic amines is 1. The standard InChI is InChI=1S/C26H27N7/c1-26(2,3)21-13-18-17(7-8-29-23(18)31-21)24-30-20-15-28-14-19(16-5-4-6-16)22(20)25(32-24)33-11-9-27-10-12-33/h4-8,13-15,27H,9-12H2,1-3H3,(H,29,31). The minimum atomic E-state index is -0.00297. The lowest BCUT2D eigenvalue weighted by Gasteiger charge is -2.30. The normalized spacial score (nSPS) is 16.3. The smallest absolute Gasteiger partial charge is 0.163 e. The van der Waals surface area contributed by atoms with Crippen molar-refractivity contribution in [3.05, 3.63) is 60.2 Å². The van der Waals surface area contributed by atoms with Crippen LogP contribution in [0, 0.1) is 0 Å². The molecule has 0 amide bonds. The first-order valence-corrected chi connectivity index (χ1v) is 11.5. The fourth-order valence-corrected chi connectivity index (χ4v) is 4.51. The van der Waals surface area contributed by atoms with E-state index in [0.717, 1.165) is 70.8 Å². The molecule has 7 heteroatoms. The molecule has 4 aromatic rings. The third-order valence-corrected chi connectivity index (χ3v) is 6.45. The minimum Gasteiger partial charge on any atom is -0.353 e. The van der Waals surface area contributed by atoms with E-state index in [2.05, 4.69) is 70.2 Å². The zero-order valence-electron chi connectivity index (χ0n) is 19.2. The second-order valence-corrected chi connectivity index (χ2v) is 9.72. The van der Waals surface area contributed by atoms with Crippen LogP contribution in [-0.4, -0.2) is 51.1 Å². The van der Waals surface area contributed by atoms with E-state index >= 15 is 0 Å². The van der Waals surface area contributed by atoms with Crippen LogP contribution in [0.5, 0.6) is 0 Å². The van der Waals surface area contributed by atoms with Gasteiger partial charge in [-0.15, -0.1) is 0 Å². The number of allylic oxidation sites excluding steroid dienone is 4. The Labute approximate surface area is 192 Å². The maximum absolute atomic E-state index is 5.18. The van der Waals surface area contributed by atoms with Crippen LogP contribution in [0.15, 0.2) is 49.0 Å². The van der Waals surface area contributed by atoms with E-state index in [0.29, 0.717) is 5.82 Å². The Kier molecular flexibility index (Phi) is 4.55. The highest BCUT2D eigenvalue weighted by atomic mass is 15.2. The number of rotatable bonds is 3. The van der Waals surface area contributed by atoms with Crippen molar-refractivity contribution in [1.82, 2.24) is 30.2 Å². The zero-order valence-corrected chi connectivity index (χ0v) is 19.2. The summed E-state index contributed by atoms with van der Waals surface area (Å²) in [5.74, 6) is 1.69. The Hall–Kier alpha value is -3.58. The van der Waals surface area contributed by atoms with Gasteiger partial charge in [0.15, 0.2) is 5.82 Å². The Bertz CT molecular complexity index is 1430. The van der Waals surface area contributed by atoms with Crippen LogP contribution in [0.4, 0.5) is 5.82 Å². The number of piperazine rings is 1. The number of aromatic nitrogens is 5. The first-order chi connectivity index (χ1) is 16.0. The van der Waals surface area contributed by atoms with Gasteiger partial charge in [0, 0.05) is 66.2 Å². The van der Waals surface area contributed by atoms with E-state index in [1.54, 1.807) is 0 Å². The molecule has 1 aliphatic heterocycles. The molecule has 1 fully saturated rings. The van der Waals surface area contributed by atoms with Gasteiger partial charge < -0.3 is 15.2 Å². The van der Waals surface area contributed by atoms with Crippen molar-refractivity contribution in [1.29, 1.82) is 0 Å². The lowest BCUT2D eigenvalue weighted by molar-refractivity contribution is 0.574. The van der Waals surface area contributed by atoms with E-state index in [1.165, 1.54) is 5.57 Å². The highest BCUT2D eigenvalue weighted by Gasteiger charge is 2.23. The number of anilines is 1. The number of hydrogen-bond donors (Lipinski definition) is 2. The quantitative estimate of drug-likeness (QED) is 0.499. The van der Waals surface area contributed by atoms with Gasteiger partial charge in [-0.3, -0.25) is 4.98 Å². The predicted octanol–water partition coefficient (Wildman–Crippen LogP) is 4.23. The van der Waals surface area contributed by atoms with Gasteiger partial charge >= 0.3 is 0 Å². The van der Waals surface area contributed by atoms with Crippen LogP contribution in [0.2, 0.25) is 0 Å². The van der Waals surface area contributed by atoms with Crippen molar-refractivity contribution in [2.45, 2.75) is 26.2 Å². The predicted molar refractivity (Wildman–Crippen MR) is 133 cm³/mol. The van der Waals surface area contributed by atoms with Gasteiger partial charge in [-0.1, -0.05) is 39.0 Å². The number of H-pyrrole nitrogens is 1. The first-order valence-electron chi connectivity index (χ1n) is 11.5. The van der Waals surface area contributed by atoms with E-state index in [4.69, 9.17) is 9.97 Å². The Morgan fingerprint density at radius 3 is 2.58 bits per heavy atom. The summed E-state index contributed by atoms with van der Waals surface area (Å²) in [6.45, 7) is 10.3. The summed E-state index contributed by atoms with van der Waals surface area (Å²) in [4.78, 5) is 25.2. The van der Waals surface area contributed by atoms with Crippen LogP contribution in [0.3, 0.4) is 0 Å². The van der Waals surface area contributed by atoms with Gasteiger partial charge in [0.2, 0.25) is 0 Å². The van der Waals surface area contributed by atoms with Crippen LogP contribution in [0.25, 0.3) is 38.9 Å². The zero-order chi connectivity index (χ0) is 22.6. The summed E-state index contributed by atoms with van der Waals surface area (Å²) in [5.41, 5.74) is 6.12. The molecule has 1 saturated heterocycles. The SMILES string of the molecule is CC(C)(C)c1cc2c(-c3nc(N4CCNCC4)c4c(C5=CC=C5)cncc4n3)ccnc2[nH]1. The third kappa shape index (κ3) is 3.40. The van der Waals surface area contributed by atoms with Crippen molar-refractivity contribution in [3.63, 3.8) is 0 Å². The molecule has 33 heavy (non-hydrogen) atoms. The Morgan fingerprint density at radius 1 is 1.03 bits per heavy atom. The molecule has 4 aromatic heterocycles. The molecule has 5 heterocycles. The van der Waals surface area contributed by atoms with Gasteiger partial charge in [-0.25, -0.2) is 15.0 Å². The molecular formula is C26H27N7. The lowest BCUT2D eigenvalue weighted by atomic mass is 9.92. The topological polar surface area (TPSA) is 82.6 Å². The van der Waals surface area contributed by atoms with Crippen molar-refractivity contribution in [2.24, 2.45) is 0 Å². The molecule has 6 rings (SSSR count). The minimum absolute atomic E-state index is 0.00297. The van der Waals surface area contributed by atoms with E-state index < -0.39 is 0 Å². The van der Waals surface area contributed by atoms with Crippen LogP contribution in [0.1, 0.15) is 32.0 Å². The van der Waals surface area contributed by atoms with Crippen LogP contribution in [-0.2, 0) is 5.41 Å². The molecule has 0 aromatic carbocycles. The molecular weight excluding hydrogens is 410 g/mol. The molecule has 0 radical (unpaired) electrons. The second-order valence-electron chi connectivity index (χ2n) is 9.72. The van der Waals surface area contributed by atoms with Crippen LogP contribution >= 0.6 is 0 Å². The van der Waals surface area contributed by atoms with Gasteiger partial charge in [0.05, 0.1) is 17.1 Å². The van der Waals surface area contributed by atoms with E-state index in [1.807, 2.05) is 24.7 Å². The van der Waals surface area contributed by atoms with Crippen molar-refractivity contribution in [3.8, 4) is 11.4 Å². The average Bonchev–Trinajstić information content (AvgIpc) is 3.23. The van der Waals surface area contributed by atoms with E-state index in [-0.39, 0.29) is 5.41 Å². The van der Waals surface area contributed by atoms with Gasteiger partial charge in [-0.05, 0) is 17.7 Å². The lowest BCUT2D eigenvalue weighted by Crippen LogP contribution is -2.44. The molecule has 2 N–H and O–H groups in total. The summed E-state index contributed by atoms with van der Waals surface area (Å²) in [5, 5.41) is 5.56. The average molecular weight is 438 g/mol.